The van der Waals surface area contributed by atoms with Gasteiger partial charge in [-0.1, -0.05) is 17.7 Å². The lowest BCUT2D eigenvalue weighted by Crippen LogP contribution is -2.57. The van der Waals surface area contributed by atoms with Crippen molar-refractivity contribution in [3.05, 3.63) is 62.7 Å². The van der Waals surface area contributed by atoms with Crippen molar-refractivity contribution in [2.75, 3.05) is 31.6 Å². The first kappa shape index (κ1) is 31.6. The van der Waals surface area contributed by atoms with E-state index in [-0.39, 0.29) is 58.6 Å². The lowest BCUT2D eigenvalue weighted by molar-refractivity contribution is -0.274. The summed E-state index contributed by atoms with van der Waals surface area (Å²) in [6, 6.07) is 4.30. The molecule has 2 heterocycles. The normalized spacial score (nSPS) is 19.2. The van der Waals surface area contributed by atoms with E-state index in [1.807, 2.05) is 23.6 Å². The van der Waals surface area contributed by atoms with Crippen LogP contribution in [0.25, 0.3) is 10.9 Å². The van der Waals surface area contributed by atoms with Crippen molar-refractivity contribution < 1.29 is 36.6 Å². The number of piperazine rings is 1. The highest BCUT2D eigenvalue weighted by atomic mass is 35.5. The molecule has 2 unspecified atom stereocenters. The molecule has 14 heteroatoms. The number of hydrogen-bond donors (Lipinski definition) is 1. The first-order valence-corrected chi connectivity index (χ1v) is 14.4. The fourth-order valence-electron chi connectivity index (χ4n) is 5.86. The zero-order valence-corrected chi connectivity index (χ0v) is 25.0. The van der Waals surface area contributed by atoms with Gasteiger partial charge < -0.3 is 29.1 Å². The molecule has 5 rings (SSSR count). The number of methoxy groups -OCH3 is 1. The van der Waals surface area contributed by atoms with Gasteiger partial charge >= 0.3 is 6.36 Å². The molecule has 1 amide bonds. The van der Waals surface area contributed by atoms with Crippen molar-refractivity contribution in [1.82, 2.24) is 14.8 Å². The summed E-state index contributed by atoms with van der Waals surface area (Å²) in [4.78, 5) is 42.0. The van der Waals surface area contributed by atoms with Crippen LogP contribution in [0.3, 0.4) is 0 Å². The number of fused-ring (bicyclic) bond motifs is 1. The molecule has 0 bridgehead atoms. The van der Waals surface area contributed by atoms with Crippen LogP contribution in [-0.4, -0.2) is 66.9 Å². The van der Waals surface area contributed by atoms with E-state index in [0.717, 1.165) is 37.3 Å². The second-order valence-corrected chi connectivity index (χ2v) is 11.5. The summed E-state index contributed by atoms with van der Waals surface area (Å²) in [6.07, 6.45) is -1.02. The largest absolute Gasteiger partial charge is 0.573 e. The number of ether oxygens (including phenoxy) is 2. The summed E-state index contributed by atoms with van der Waals surface area (Å²) in [5.41, 5.74) is -0.0333. The molecular weight excluding hydrogens is 608 g/mol. The van der Waals surface area contributed by atoms with Gasteiger partial charge in [0.15, 0.2) is 11.6 Å². The minimum absolute atomic E-state index is 0.0185. The van der Waals surface area contributed by atoms with Gasteiger partial charge in [0.05, 0.1) is 24.6 Å². The summed E-state index contributed by atoms with van der Waals surface area (Å²) in [5, 5.41) is 2.49. The molecule has 2 aromatic carbocycles. The molecule has 1 N–H and O–H groups in total. The molecule has 236 valence electrons. The SMILES string of the molecule is COc1c(N2CC(C)N(CC=O)C(C)C2)c(F)cc2c(=O)c(C(=O)NCc3ccc(OC(F)(F)F)cc3Cl)cn(C3CC3)c12. The Kier molecular flexibility index (Phi) is 8.81. The predicted molar refractivity (Wildman–Crippen MR) is 156 cm³/mol. The maximum absolute atomic E-state index is 15.9. The van der Waals surface area contributed by atoms with E-state index in [9.17, 15) is 27.6 Å². The number of carbonyl (C=O) groups excluding carboxylic acids is 2. The Morgan fingerprint density at radius 2 is 1.84 bits per heavy atom. The van der Waals surface area contributed by atoms with Crippen molar-refractivity contribution in [1.29, 1.82) is 0 Å². The van der Waals surface area contributed by atoms with E-state index in [1.165, 1.54) is 19.4 Å². The first-order valence-electron chi connectivity index (χ1n) is 14.0. The number of rotatable bonds is 9. The minimum atomic E-state index is -4.89. The van der Waals surface area contributed by atoms with Crippen LogP contribution in [0.2, 0.25) is 5.02 Å². The molecule has 3 aromatic rings. The highest BCUT2D eigenvalue weighted by molar-refractivity contribution is 6.31. The number of hydrogen-bond acceptors (Lipinski definition) is 7. The Balaban J connectivity index is 1.49. The van der Waals surface area contributed by atoms with E-state index >= 15 is 4.39 Å². The van der Waals surface area contributed by atoms with Gasteiger partial charge in [-0.05, 0) is 50.5 Å². The van der Waals surface area contributed by atoms with Gasteiger partial charge in [-0.15, -0.1) is 13.2 Å². The maximum atomic E-state index is 15.9. The predicted octanol–water partition coefficient (Wildman–Crippen LogP) is 5.06. The number of benzene rings is 2. The lowest BCUT2D eigenvalue weighted by atomic mass is 10.0. The van der Waals surface area contributed by atoms with Crippen LogP contribution in [0.1, 0.15) is 48.7 Å². The summed E-state index contributed by atoms with van der Waals surface area (Å²) in [5.74, 6) is -1.76. The van der Waals surface area contributed by atoms with Crippen molar-refractivity contribution >= 4 is 40.4 Å². The van der Waals surface area contributed by atoms with E-state index in [0.29, 0.717) is 24.2 Å². The average Bonchev–Trinajstić information content (AvgIpc) is 3.79. The van der Waals surface area contributed by atoms with Crippen molar-refractivity contribution in [2.24, 2.45) is 0 Å². The Hall–Kier alpha value is -3.84. The van der Waals surface area contributed by atoms with Crippen LogP contribution in [0, 0.1) is 5.82 Å². The molecule has 0 spiro atoms. The van der Waals surface area contributed by atoms with E-state index in [2.05, 4.69) is 10.1 Å². The van der Waals surface area contributed by atoms with Gasteiger partial charge in [0.25, 0.3) is 5.91 Å². The van der Waals surface area contributed by atoms with Crippen LogP contribution in [-0.2, 0) is 11.3 Å². The zero-order valence-electron chi connectivity index (χ0n) is 24.2. The Labute approximate surface area is 255 Å². The molecule has 2 aliphatic rings. The summed E-state index contributed by atoms with van der Waals surface area (Å²) < 4.78 is 64.9. The molecule has 44 heavy (non-hydrogen) atoms. The fraction of sp³-hybridized carbons (Fsp3) is 0.433. The molecule has 9 nitrogen and oxygen atoms in total. The summed E-state index contributed by atoms with van der Waals surface area (Å²) >= 11 is 6.10. The Bertz CT molecular complexity index is 1650. The molecule has 2 fully saturated rings. The van der Waals surface area contributed by atoms with Crippen LogP contribution >= 0.6 is 11.6 Å². The monoisotopic (exact) mass is 638 g/mol. The van der Waals surface area contributed by atoms with Crippen LogP contribution in [0.4, 0.5) is 23.2 Å². The molecule has 1 aliphatic carbocycles. The number of anilines is 1. The first-order chi connectivity index (χ1) is 20.8. The number of nitrogens with one attached hydrogen (secondary N) is 1. The summed E-state index contributed by atoms with van der Waals surface area (Å²) in [6.45, 7) is 4.85. The summed E-state index contributed by atoms with van der Waals surface area (Å²) in [7, 11) is 1.41. The van der Waals surface area contributed by atoms with Gasteiger partial charge in [-0.2, -0.15) is 0 Å². The molecular formula is C30H31ClF4N4O5. The van der Waals surface area contributed by atoms with E-state index in [4.69, 9.17) is 16.3 Å². The van der Waals surface area contributed by atoms with Crippen LogP contribution < -0.4 is 25.1 Å². The zero-order chi connectivity index (χ0) is 31.9. The molecule has 2 atom stereocenters. The van der Waals surface area contributed by atoms with E-state index < -0.39 is 29.3 Å². The molecule has 1 aromatic heterocycles. The third-order valence-electron chi connectivity index (χ3n) is 7.99. The third kappa shape index (κ3) is 6.34. The number of pyridine rings is 1. The smallest absolute Gasteiger partial charge is 0.492 e. The maximum Gasteiger partial charge on any atom is 0.573 e. The standard InChI is InChI=1S/C30H31ClF4N4O5/c1-16-13-37(14-17(2)38(16)8-9-40)26-24(32)11-21-25(28(26)43-3)39(19-5-6-19)15-22(27(21)41)29(42)36-12-18-4-7-20(10-23(18)31)44-30(33,34)35/h4,7,9-11,15-17,19H,5-6,8,12-14H2,1-3H3,(H,36,42). The number of carbonyl (C=O) groups is 2. The molecule has 1 saturated heterocycles. The minimum Gasteiger partial charge on any atom is -0.492 e. The fourth-order valence-corrected chi connectivity index (χ4v) is 6.10. The highest BCUT2D eigenvalue weighted by Crippen LogP contribution is 2.44. The van der Waals surface area contributed by atoms with Gasteiger partial charge in [0.2, 0.25) is 5.43 Å². The Morgan fingerprint density at radius 3 is 2.41 bits per heavy atom. The number of aromatic nitrogens is 1. The molecule has 1 saturated carbocycles. The highest BCUT2D eigenvalue weighted by Gasteiger charge is 2.35. The van der Waals surface area contributed by atoms with Gasteiger partial charge in [-0.25, -0.2) is 4.39 Å². The van der Waals surface area contributed by atoms with Crippen molar-refractivity contribution in [3.8, 4) is 11.5 Å². The molecule has 0 radical (unpaired) electrons. The van der Waals surface area contributed by atoms with Crippen molar-refractivity contribution in [3.63, 3.8) is 0 Å². The van der Waals surface area contributed by atoms with Crippen LogP contribution in [0.15, 0.2) is 35.3 Å². The molecule has 1 aliphatic heterocycles. The van der Waals surface area contributed by atoms with Gasteiger partial charge in [0.1, 0.15) is 23.3 Å². The number of amides is 1. The third-order valence-corrected chi connectivity index (χ3v) is 8.34. The van der Waals surface area contributed by atoms with Gasteiger partial charge in [-0.3, -0.25) is 14.5 Å². The van der Waals surface area contributed by atoms with Crippen LogP contribution in [0.5, 0.6) is 11.5 Å². The number of halogens is 5. The average molecular weight is 639 g/mol. The number of nitrogens with zero attached hydrogens (tertiary/aromatic N) is 3. The number of alkyl halides is 3. The topological polar surface area (TPSA) is 93.1 Å². The van der Waals surface area contributed by atoms with E-state index in [1.54, 1.807) is 4.57 Å². The second kappa shape index (κ2) is 12.3. The van der Waals surface area contributed by atoms with Gasteiger partial charge in [0, 0.05) is 49.0 Å². The second-order valence-electron chi connectivity index (χ2n) is 11.1. The lowest BCUT2D eigenvalue weighted by Gasteiger charge is -2.45. The number of aldehydes is 1. The van der Waals surface area contributed by atoms with Crippen molar-refractivity contribution in [2.45, 2.75) is 57.7 Å². The Morgan fingerprint density at radius 1 is 1.16 bits per heavy atom. The quantitative estimate of drug-likeness (QED) is 0.259.